The number of nitrogens with zero attached hydrogens (tertiary/aromatic N) is 1. The molecule has 2 aromatic rings. The van der Waals surface area contributed by atoms with Crippen LogP contribution < -0.4 is 5.32 Å². The fourth-order valence-electron chi connectivity index (χ4n) is 2.31. The van der Waals surface area contributed by atoms with Gasteiger partial charge in [0, 0.05) is 18.9 Å². The van der Waals surface area contributed by atoms with E-state index in [0.29, 0.717) is 12.0 Å². The van der Waals surface area contributed by atoms with E-state index in [-0.39, 0.29) is 18.4 Å². The van der Waals surface area contributed by atoms with Crippen LogP contribution in [0.3, 0.4) is 0 Å². The minimum Gasteiger partial charge on any atom is -0.351 e. The zero-order valence-corrected chi connectivity index (χ0v) is 12.6. The van der Waals surface area contributed by atoms with Crippen molar-refractivity contribution in [2.24, 2.45) is 0 Å². The van der Waals surface area contributed by atoms with Crippen molar-refractivity contribution < 1.29 is 18.0 Å². The number of carbonyl (C=O) groups is 1. The van der Waals surface area contributed by atoms with Crippen molar-refractivity contribution in [2.45, 2.75) is 32.0 Å². The number of halogens is 3. The minimum atomic E-state index is -4.44. The third-order valence-corrected chi connectivity index (χ3v) is 3.52. The molecule has 2 rings (SSSR count). The van der Waals surface area contributed by atoms with Gasteiger partial charge < -0.3 is 5.32 Å². The molecule has 3 nitrogen and oxygen atoms in total. The van der Waals surface area contributed by atoms with Crippen molar-refractivity contribution >= 4 is 5.91 Å². The van der Waals surface area contributed by atoms with Gasteiger partial charge in [0.15, 0.2) is 0 Å². The first-order valence-corrected chi connectivity index (χ1v) is 7.25. The maximum Gasteiger partial charge on any atom is 0.417 e. The predicted molar refractivity (Wildman–Crippen MR) is 80.6 cm³/mol. The van der Waals surface area contributed by atoms with Crippen LogP contribution in [-0.2, 0) is 17.5 Å². The first-order chi connectivity index (χ1) is 10.9. The Morgan fingerprint density at radius 2 is 1.91 bits per heavy atom. The smallest absolute Gasteiger partial charge is 0.351 e. The number of benzene rings is 1. The van der Waals surface area contributed by atoms with Gasteiger partial charge >= 0.3 is 6.18 Å². The summed E-state index contributed by atoms with van der Waals surface area (Å²) in [6.45, 7) is 1.90. The number of rotatable bonds is 5. The van der Waals surface area contributed by atoms with Crippen molar-refractivity contribution in [1.82, 2.24) is 10.3 Å². The molecule has 1 heterocycles. The van der Waals surface area contributed by atoms with Gasteiger partial charge in [-0.25, -0.2) is 0 Å². The van der Waals surface area contributed by atoms with E-state index in [1.54, 1.807) is 0 Å². The summed E-state index contributed by atoms with van der Waals surface area (Å²) in [6, 6.07) is 10.3. The summed E-state index contributed by atoms with van der Waals surface area (Å²) in [5.41, 5.74) is 0.380. The van der Waals surface area contributed by atoms with Crippen LogP contribution in [0, 0.1) is 0 Å². The lowest BCUT2D eigenvalue weighted by atomic mass is 9.95. The molecular weight excluding hydrogens is 305 g/mol. The average Bonchev–Trinajstić information content (AvgIpc) is 2.54. The second-order valence-electron chi connectivity index (χ2n) is 5.17. The molecule has 1 N–H and O–H groups in total. The number of hydrogen-bond donors (Lipinski definition) is 1. The quantitative estimate of drug-likeness (QED) is 0.907. The molecule has 1 atom stereocenters. The molecule has 0 fully saturated rings. The van der Waals surface area contributed by atoms with Gasteiger partial charge in [0.05, 0.1) is 11.5 Å². The van der Waals surface area contributed by atoms with E-state index in [1.807, 2.05) is 37.3 Å². The highest BCUT2D eigenvalue weighted by Gasteiger charge is 2.31. The third-order valence-electron chi connectivity index (χ3n) is 3.52. The number of alkyl halides is 3. The van der Waals surface area contributed by atoms with Gasteiger partial charge in [0.2, 0.25) is 5.91 Å². The average molecular weight is 322 g/mol. The van der Waals surface area contributed by atoms with Crippen LogP contribution in [0.5, 0.6) is 0 Å². The summed E-state index contributed by atoms with van der Waals surface area (Å²) in [5.74, 6) is -0.536. The van der Waals surface area contributed by atoms with E-state index in [4.69, 9.17) is 0 Å². The maximum atomic E-state index is 12.6. The van der Waals surface area contributed by atoms with E-state index in [2.05, 4.69) is 10.3 Å². The Hall–Kier alpha value is -2.37. The van der Waals surface area contributed by atoms with E-state index < -0.39 is 11.7 Å². The molecule has 0 aliphatic rings. The fourth-order valence-corrected chi connectivity index (χ4v) is 2.31. The molecule has 122 valence electrons. The fraction of sp³-hybridized carbons (Fsp3) is 0.294. The van der Waals surface area contributed by atoms with E-state index >= 15 is 0 Å². The van der Waals surface area contributed by atoms with Crippen LogP contribution in [0.25, 0.3) is 0 Å². The molecule has 1 aromatic heterocycles. The molecule has 0 bridgehead atoms. The molecule has 0 unspecified atom stereocenters. The number of pyridine rings is 1. The van der Waals surface area contributed by atoms with Crippen LogP contribution in [0.4, 0.5) is 13.2 Å². The lowest BCUT2D eigenvalue weighted by Gasteiger charge is -2.15. The summed E-state index contributed by atoms with van der Waals surface area (Å²) >= 11 is 0. The first kappa shape index (κ1) is 17.0. The Kier molecular flexibility index (Phi) is 5.36. The molecular formula is C17H17F3N2O. The van der Waals surface area contributed by atoms with Crippen LogP contribution >= 0.6 is 0 Å². The summed E-state index contributed by atoms with van der Waals surface area (Å²) in [6.07, 6.45) is -1.75. The standard InChI is InChI=1S/C17H17F3N2O/c1-2-15(13-6-4-3-5-7-13)16(23)22-10-12-8-14(11-21-9-12)17(18,19)20/h3-9,11,15H,2,10H2,1H3,(H,22,23)/t15-/m0/s1. The molecule has 0 spiro atoms. The highest BCUT2D eigenvalue weighted by atomic mass is 19.4. The molecule has 1 aromatic carbocycles. The number of aromatic nitrogens is 1. The van der Waals surface area contributed by atoms with Gasteiger partial charge in [-0.2, -0.15) is 13.2 Å². The van der Waals surface area contributed by atoms with E-state index in [9.17, 15) is 18.0 Å². The molecule has 23 heavy (non-hydrogen) atoms. The largest absolute Gasteiger partial charge is 0.417 e. The zero-order valence-electron chi connectivity index (χ0n) is 12.6. The molecule has 6 heteroatoms. The van der Waals surface area contributed by atoms with Crippen molar-refractivity contribution in [2.75, 3.05) is 0 Å². The Morgan fingerprint density at radius 1 is 1.22 bits per heavy atom. The molecule has 0 aliphatic heterocycles. The number of amides is 1. The van der Waals surface area contributed by atoms with Gasteiger partial charge in [-0.15, -0.1) is 0 Å². The summed E-state index contributed by atoms with van der Waals surface area (Å²) in [7, 11) is 0. The van der Waals surface area contributed by atoms with Crippen molar-refractivity contribution in [3.05, 3.63) is 65.5 Å². The second-order valence-corrected chi connectivity index (χ2v) is 5.17. The van der Waals surface area contributed by atoms with Gasteiger partial charge in [0.25, 0.3) is 0 Å². The molecule has 0 radical (unpaired) electrons. The number of carbonyl (C=O) groups excluding carboxylic acids is 1. The Balaban J connectivity index is 2.04. The summed E-state index contributed by atoms with van der Waals surface area (Å²) in [5, 5.41) is 2.68. The highest BCUT2D eigenvalue weighted by Crippen LogP contribution is 2.29. The normalized spacial score (nSPS) is 12.7. The van der Waals surface area contributed by atoms with E-state index in [1.165, 1.54) is 6.20 Å². The van der Waals surface area contributed by atoms with E-state index in [0.717, 1.165) is 17.8 Å². The molecule has 0 saturated carbocycles. The van der Waals surface area contributed by atoms with Crippen LogP contribution in [0.15, 0.2) is 48.8 Å². The Morgan fingerprint density at radius 3 is 2.52 bits per heavy atom. The lowest BCUT2D eigenvalue weighted by molar-refractivity contribution is -0.137. The highest BCUT2D eigenvalue weighted by molar-refractivity contribution is 5.83. The van der Waals surface area contributed by atoms with Crippen molar-refractivity contribution in [3.8, 4) is 0 Å². The second kappa shape index (κ2) is 7.26. The zero-order chi connectivity index (χ0) is 16.9. The Bertz CT molecular complexity index is 656. The molecule has 1 amide bonds. The van der Waals surface area contributed by atoms with Crippen molar-refractivity contribution in [3.63, 3.8) is 0 Å². The van der Waals surface area contributed by atoms with Crippen molar-refractivity contribution in [1.29, 1.82) is 0 Å². The topological polar surface area (TPSA) is 42.0 Å². The molecule has 0 aliphatic carbocycles. The van der Waals surface area contributed by atoms with Crippen LogP contribution in [0.2, 0.25) is 0 Å². The monoisotopic (exact) mass is 322 g/mol. The lowest BCUT2D eigenvalue weighted by Crippen LogP contribution is -2.28. The van der Waals surface area contributed by atoms with Crippen LogP contribution in [0.1, 0.15) is 36.0 Å². The van der Waals surface area contributed by atoms with Gasteiger partial charge in [-0.3, -0.25) is 9.78 Å². The SMILES string of the molecule is CC[C@H](C(=O)NCc1cncc(C(F)(F)F)c1)c1ccccc1. The van der Waals surface area contributed by atoms with Crippen LogP contribution in [-0.4, -0.2) is 10.9 Å². The molecule has 0 saturated heterocycles. The Labute approximate surface area is 132 Å². The minimum absolute atomic E-state index is 0.0130. The van der Waals surface area contributed by atoms with Gasteiger partial charge in [0.1, 0.15) is 0 Å². The van der Waals surface area contributed by atoms with Gasteiger partial charge in [-0.1, -0.05) is 37.3 Å². The third kappa shape index (κ3) is 4.55. The maximum absolute atomic E-state index is 12.6. The summed E-state index contributed by atoms with van der Waals surface area (Å²) < 4.78 is 37.9. The van der Waals surface area contributed by atoms with Gasteiger partial charge in [-0.05, 0) is 23.6 Å². The number of hydrogen-bond acceptors (Lipinski definition) is 2. The predicted octanol–water partition coefficient (Wildman–Crippen LogP) is 3.91. The first-order valence-electron chi connectivity index (χ1n) is 7.25. The number of nitrogens with one attached hydrogen (secondary N) is 1. The summed E-state index contributed by atoms with van der Waals surface area (Å²) in [4.78, 5) is 15.9.